The molecule has 0 radical (unpaired) electrons. The third-order valence-electron chi connectivity index (χ3n) is 5.38. The molecule has 3 aromatic carbocycles. The van der Waals surface area contributed by atoms with E-state index in [1.54, 1.807) is 12.1 Å². The highest BCUT2D eigenvalue weighted by Crippen LogP contribution is 2.44. The van der Waals surface area contributed by atoms with Crippen LogP contribution in [0, 0.1) is 12.7 Å². The average Bonchev–Trinajstić information content (AvgIpc) is 3.07. The number of hydrogen-bond donors (Lipinski definition) is 1. The van der Waals surface area contributed by atoms with E-state index in [-0.39, 0.29) is 11.7 Å². The molecule has 30 heavy (non-hydrogen) atoms. The molecule has 0 saturated carbocycles. The summed E-state index contributed by atoms with van der Waals surface area (Å²) in [4.78, 5) is 12.1. The highest BCUT2D eigenvalue weighted by molar-refractivity contribution is 5.79. The summed E-state index contributed by atoms with van der Waals surface area (Å²) in [6.07, 6.45) is 3.73. The van der Waals surface area contributed by atoms with Gasteiger partial charge in [0.1, 0.15) is 12.4 Å². The predicted octanol–water partition coefficient (Wildman–Crippen LogP) is 6.08. The van der Waals surface area contributed by atoms with Gasteiger partial charge >= 0.3 is 6.09 Å². The van der Waals surface area contributed by atoms with Crippen LogP contribution in [0.5, 0.6) is 0 Å². The third kappa shape index (κ3) is 4.28. The van der Waals surface area contributed by atoms with Gasteiger partial charge in [-0.2, -0.15) is 0 Å². The van der Waals surface area contributed by atoms with Crippen molar-refractivity contribution in [2.75, 3.05) is 13.2 Å². The van der Waals surface area contributed by atoms with Gasteiger partial charge in [-0.3, -0.25) is 0 Å². The molecule has 0 unspecified atom stereocenters. The summed E-state index contributed by atoms with van der Waals surface area (Å²) < 4.78 is 19.3. The lowest BCUT2D eigenvalue weighted by Crippen LogP contribution is -2.26. The molecule has 0 aliphatic heterocycles. The Labute approximate surface area is 176 Å². The van der Waals surface area contributed by atoms with Gasteiger partial charge < -0.3 is 10.1 Å². The fourth-order valence-corrected chi connectivity index (χ4v) is 3.88. The van der Waals surface area contributed by atoms with Crippen LogP contribution in [0.1, 0.15) is 34.6 Å². The Morgan fingerprint density at radius 2 is 1.70 bits per heavy atom. The summed E-state index contributed by atoms with van der Waals surface area (Å²) in [6.45, 7) is 2.58. The summed E-state index contributed by atoms with van der Waals surface area (Å²) >= 11 is 0. The molecule has 4 rings (SSSR count). The average molecular weight is 401 g/mol. The van der Waals surface area contributed by atoms with Crippen molar-refractivity contribution in [2.24, 2.45) is 0 Å². The maximum atomic E-state index is 13.8. The monoisotopic (exact) mass is 401 g/mol. The Morgan fingerprint density at radius 1 is 1.03 bits per heavy atom. The van der Waals surface area contributed by atoms with Crippen LogP contribution in [0.25, 0.3) is 17.2 Å². The van der Waals surface area contributed by atoms with Crippen molar-refractivity contribution in [2.45, 2.75) is 19.3 Å². The van der Waals surface area contributed by atoms with E-state index in [0.29, 0.717) is 25.1 Å². The molecular weight excluding hydrogens is 377 g/mol. The zero-order valence-corrected chi connectivity index (χ0v) is 16.9. The number of nitrogens with one attached hydrogen (secondary N) is 1. The van der Waals surface area contributed by atoms with Crippen molar-refractivity contribution < 1.29 is 13.9 Å². The van der Waals surface area contributed by atoms with Crippen molar-refractivity contribution in [1.29, 1.82) is 0 Å². The molecule has 0 bridgehead atoms. The highest BCUT2D eigenvalue weighted by Gasteiger charge is 2.28. The fraction of sp³-hybridized carbons (Fsp3) is 0.192. The maximum absolute atomic E-state index is 13.8. The Morgan fingerprint density at radius 3 is 2.37 bits per heavy atom. The lowest BCUT2D eigenvalue weighted by Gasteiger charge is -2.14. The van der Waals surface area contributed by atoms with E-state index in [0.717, 1.165) is 5.56 Å². The Kier molecular flexibility index (Phi) is 5.94. The summed E-state index contributed by atoms with van der Waals surface area (Å²) in [5.74, 6) is -0.191. The van der Waals surface area contributed by atoms with Crippen LogP contribution in [0.4, 0.5) is 9.18 Å². The minimum atomic E-state index is -0.438. The first-order valence-corrected chi connectivity index (χ1v) is 10.1. The van der Waals surface area contributed by atoms with Crippen LogP contribution in [-0.2, 0) is 4.74 Å². The molecule has 3 nitrogen and oxygen atoms in total. The van der Waals surface area contributed by atoms with Gasteiger partial charge in [0.15, 0.2) is 0 Å². The molecule has 0 heterocycles. The van der Waals surface area contributed by atoms with Crippen LogP contribution in [0.2, 0.25) is 0 Å². The highest BCUT2D eigenvalue weighted by atomic mass is 19.1. The number of hydrogen-bond acceptors (Lipinski definition) is 2. The van der Waals surface area contributed by atoms with Gasteiger partial charge in [0.05, 0.1) is 0 Å². The minimum absolute atomic E-state index is 0.0487. The summed E-state index contributed by atoms with van der Waals surface area (Å²) in [5.41, 5.74) is 6.22. The maximum Gasteiger partial charge on any atom is 0.407 e. The number of fused-ring (bicyclic) bond motifs is 3. The van der Waals surface area contributed by atoms with E-state index in [9.17, 15) is 9.18 Å². The molecule has 1 aliphatic carbocycles. The quantitative estimate of drug-likeness (QED) is 0.509. The zero-order chi connectivity index (χ0) is 20.9. The largest absolute Gasteiger partial charge is 0.449 e. The lowest BCUT2D eigenvalue weighted by atomic mass is 9.98. The van der Waals surface area contributed by atoms with E-state index in [2.05, 4.69) is 29.6 Å². The van der Waals surface area contributed by atoms with Crippen LogP contribution in [0.3, 0.4) is 0 Å². The van der Waals surface area contributed by atoms with E-state index in [1.165, 1.54) is 28.3 Å². The lowest BCUT2D eigenvalue weighted by molar-refractivity contribution is 0.143. The molecule has 0 spiro atoms. The van der Waals surface area contributed by atoms with Gasteiger partial charge in [0.2, 0.25) is 0 Å². The molecular formula is C26H24FNO2. The summed E-state index contributed by atoms with van der Waals surface area (Å²) in [7, 11) is 0. The standard InChI is InChI=1S/C26H24FNO2/c1-18-13-14-19(25(27)16-18)8-6-7-15-28-26(29)30-17-24-22-11-4-2-9-20(22)21-10-3-5-12-23(21)24/h2-6,8-14,16,24H,7,15,17H2,1H3,(H,28,29). The first-order chi connectivity index (χ1) is 14.6. The minimum Gasteiger partial charge on any atom is -0.449 e. The Bertz CT molecular complexity index is 1040. The van der Waals surface area contributed by atoms with E-state index in [4.69, 9.17) is 4.74 Å². The smallest absolute Gasteiger partial charge is 0.407 e. The van der Waals surface area contributed by atoms with E-state index < -0.39 is 6.09 Å². The van der Waals surface area contributed by atoms with Crippen molar-refractivity contribution >= 4 is 12.2 Å². The molecule has 0 aromatic heterocycles. The first-order valence-electron chi connectivity index (χ1n) is 10.1. The molecule has 1 amide bonds. The van der Waals surface area contributed by atoms with Gasteiger partial charge in [-0.25, -0.2) is 9.18 Å². The second-order valence-corrected chi connectivity index (χ2v) is 7.47. The number of rotatable bonds is 6. The van der Waals surface area contributed by atoms with Gasteiger partial charge in [-0.15, -0.1) is 0 Å². The van der Waals surface area contributed by atoms with Crippen molar-refractivity contribution in [3.63, 3.8) is 0 Å². The normalized spacial score (nSPS) is 12.6. The Hall–Kier alpha value is -3.40. The van der Waals surface area contributed by atoms with Crippen LogP contribution < -0.4 is 5.32 Å². The number of carbonyl (C=O) groups excluding carboxylic acids is 1. The van der Waals surface area contributed by atoms with Crippen LogP contribution >= 0.6 is 0 Å². The second-order valence-electron chi connectivity index (χ2n) is 7.47. The molecule has 0 saturated heterocycles. The third-order valence-corrected chi connectivity index (χ3v) is 5.38. The van der Waals surface area contributed by atoms with Crippen molar-refractivity contribution in [3.05, 3.63) is 101 Å². The number of halogens is 1. The molecule has 152 valence electrons. The van der Waals surface area contributed by atoms with Crippen molar-refractivity contribution in [3.8, 4) is 11.1 Å². The van der Waals surface area contributed by atoms with Crippen LogP contribution in [0.15, 0.2) is 72.8 Å². The molecule has 1 N–H and O–H groups in total. The molecule has 4 heteroatoms. The van der Waals surface area contributed by atoms with Gasteiger partial charge in [0, 0.05) is 18.0 Å². The Balaban J connectivity index is 1.28. The number of benzene rings is 3. The summed E-state index contributed by atoms with van der Waals surface area (Å²) in [5, 5.41) is 2.76. The topological polar surface area (TPSA) is 38.3 Å². The predicted molar refractivity (Wildman–Crippen MR) is 118 cm³/mol. The van der Waals surface area contributed by atoms with E-state index in [1.807, 2.05) is 43.3 Å². The van der Waals surface area contributed by atoms with Crippen molar-refractivity contribution in [1.82, 2.24) is 5.32 Å². The molecule has 3 aromatic rings. The van der Waals surface area contributed by atoms with E-state index >= 15 is 0 Å². The van der Waals surface area contributed by atoms with Gasteiger partial charge in [-0.05, 0) is 47.2 Å². The SMILES string of the molecule is Cc1ccc(C=CCCNC(=O)OCC2c3ccccc3-c3ccccc32)c(F)c1. The number of aryl methyl sites for hydroxylation is 1. The first kappa shape index (κ1) is 19.9. The number of carbonyl (C=O) groups is 1. The zero-order valence-electron chi connectivity index (χ0n) is 16.9. The van der Waals surface area contributed by atoms with Crippen LogP contribution in [-0.4, -0.2) is 19.2 Å². The number of amides is 1. The number of ether oxygens (including phenoxy) is 1. The summed E-state index contributed by atoms with van der Waals surface area (Å²) in [6, 6.07) is 21.6. The molecule has 1 aliphatic rings. The van der Waals surface area contributed by atoms with Gasteiger partial charge in [0.25, 0.3) is 0 Å². The number of alkyl carbamates (subject to hydrolysis) is 1. The molecule has 0 atom stereocenters. The second kappa shape index (κ2) is 8.95. The molecule has 0 fully saturated rings. The van der Waals surface area contributed by atoms with Gasteiger partial charge in [-0.1, -0.05) is 72.8 Å². The fourth-order valence-electron chi connectivity index (χ4n) is 3.88.